The fourth-order valence-electron chi connectivity index (χ4n) is 5.77. The highest BCUT2D eigenvalue weighted by atomic mass is 79.9. The van der Waals surface area contributed by atoms with E-state index >= 15 is 0 Å². The van der Waals surface area contributed by atoms with Gasteiger partial charge in [0.25, 0.3) is 0 Å². The Morgan fingerprint density at radius 1 is 1.17 bits per heavy atom. The summed E-state index contributed by atoms with van der Waals surface area (Å²) in [5, 5.41) is 14.0. The fourth-order valence-corrected chi connectivity index (χ4v) is 6.04. The van der Waals surface area contributed by atoms with Crippen LogP contribution >= 0.6 is 15.9 Å². The predicted octanol–water partition coefficient (Wildman–Crippen LogP) is 3.37. The van der Waals surface area contributed by atoms with Crippen LogP contribution in [-0.4, -0.2) is 77.9 Å². The van der Waals surface area contributed by atoms with Gasteiger partial charge in [-0.1, -0.05) is 35.0 Å². The molecule has 2 aliphatic heterocycles. The van der Waals surface area contributed by atoms with E-state index in [1.807, 2.05) is 17.0 Å². The highest BCUT2D eigenvalue weighted by molar-refractivity contribution is 9.10. The van der Waals surface area contributed by atoms with Crippen molar-refractivity contribution < 1.29 is 14.6 Å². The Labute approximate surface area is 221 Å². The van der Waals surface area contributed by atoms with Gasteiger partial charge in [-0.15, -0.1) is 0 Å². The number of hydrogen-bond donors (Lipinski definition) is 2. The first kappa shape index (κ1) is 25.6. The number of fused-ring (bicyclic) bond motifs is 1. The summed E-state index contributed by atoms with van der Waals surface area (Å²) in [5.74, 6) is 1.18. The number of nitrogens with zero attached hydrogens (tertiary/aromatic N) is 4. The molecular formula is C27H36BrN5O3. The van der Waals surface area contributed by atoms with E-state index in [-0.39, 0.29) is 17.7 Å². The van der Waals surface area contributed by atoms with Gasteiger partial charge in [-0.25, -0.2) is 9.97 Å². The van der Waals surface area contributed by atoms with Crippen molar-refractivity contribution in [3.05, 3.63) is 51.9 Å². The van der Waals surface area contributed by atoms with Crippen molar-refractivity contribution in [3.63, 3.8) is 0 Å². The van der Waals surface area contributed by atoms with Gasteiger partial charge in [-0.05, 0) is 55.8 Å². The molecule has 1 aromatic heterocycles. The minimum Gasteiger partial charge on any atom is -0.387 e. The van der Waals surface area contributed by atoms with Gasteiger partial charge >= 0.3 is 0 Å². The van der Waals surface area contributed by atoms with E-state index in [4.69, 9.17) is 4.74 Å². The molecule has 36 heavy (non-hydrogen) atoms. The molecule has 0 bridgehead atoms. The van der Waals surface area contributed by atoms with Crippen LogP contribution < -0.4 is 10.2 Å². The molecule has 0 radical (unpaired) electrons. The van der Waals surface area contributed by atoms with Crippen LogP contribution in [0, 0.1) is 0 Å². The van der Waals surface area contributed by atoms with E-state index < -0.39 is 6.10 Å². The van der Waals surface area contributed by atoms with Crippen LogP contribution in [0.4, 0.5) is 5.82 Å². The molecule has 3 aliphatic rings. The Bertz CT molecular complexity index is 1040. The Kier molecular flexibility index (Phi) is 8.20. The summed E-state index contributed by atoms with van der Waals surface area (Å²) in [4.78, 5) is 27.0. The van der Waals surface area contributed by atoms with Crippen molar-refractivity contribution in [2.45, 2.75) is 56.6 Å². The zero-order chi connectivity index (χ0) is 25.1. The minimum atomic E-state index is -0.513. The number of anilines is 1. The number of ether oxygens (including phenoxy) is 1. The summed E-state index contributed by atoms with van der Waals surface area (Å²) in [5.41, 5.74) is 2.89. The Morgan fingerprint density at radius 3 is 2.61 bits per heavy atom. The van der Waals surface area contributed by atoms with Crippen LogP contribution in [0.5, 0.6) is 0 Å². The SMILES string of the molecule is CC1C[C@@H](O)c2ncnc(N3CCN(C(=O)[C@H](CCNC4CCOCC4)c4ccc(Br)cc4)CC3)c21. The molecule has 1 aromatic carbocycles. The third kappa shape index (κ3) is 5.59. The number of aromatic nitrogens is 2. The zero-order valence-electron chi connectivity index (χ0n) is 20.9. The van der Waals surface area contributed by atoms with E-state index in [9.17, 15) is 9.90 Å². The molecule has 1 amide bonds. The van der Waals surface area contributed by atoms with Crippen LogP contribution in [0.3, 0.4) is 0 Å². The average molecular weight is 559 g/mol. The van der Waals surface area contributed by atoms with Crippen molar-refractivity contribution in [1.82, 2.24) is 20.2 Å². The molecule has 194 valence electrons. The van der Waals surface area contributed by atoms with Crippen molar-refractivity contribution in [2.75, 3.05) is 50.8 Å². The number of carbonyl (C=O) groups is 1. The summed E-state index contributed by atoms with van der Waals surface area (Å²) in [6.45, 7) is 7.33. The third-order valence-corrected chi connectivity index (χ3v) is 8.36. The van der Waals surface area contributed by atoms with E-state index in [0.717, 1.165) is 79.2 Å². The summed E-state index contributed by atoms with van der Waals surface area (Å²) >= 11 is 3.52. The zero-order valence-corrected chi connectivity index (χ0v) is 22.5. The summed E-state index contributed by atoms with van der Waals surface area (Å²) in [6, 6.07) is 8.64. The second-order valence-electron chi connectivity index (χ2n) is 10.2. The van der Waals surface area contributed by atoms with Crippen LogP contribution in [0.25, 0.3) is 0 Å². The number of hydrogen-bond acceptors (Lipinski definition) is 7. The maximum atomic E-state index is 13.8. The molecule has 9 heteroatoms. The van der Waals surface area contributed by atoms with Crippen molar-refractivity contribution in [2.24, 2.45) is 0 Å². The van der Waals surface area contributed by atoms with E-state index in [1.165, 1.54) is 0 Å². The van der Waals surface area contributed by atoms with Crippen LogP contribution in [-0.2, 0) is 9.53 Å². The van der Waals surface area contributed by atoms with Gasteiger partial charge in [0.15, 0.2) is 0 Å². The standard InChI is InChI=1S/C27H36BrN5O3/c1-18-16-23(34)25-24(18)26(31-17-30-25)32-10-12-33(13-11-32)27(35)22(19-2-4-20(28)5-3-19)6-9-29-21-7-14-36-15-8-21/h2-5,17-18,21-23,29,34H,6-16H2,1H3/t18?,22-,23-/m1/s1. The molecule has 2 fully saturated rings. The maximum Gasteiger partial charge on any atom is 0.230 e. The highest BCUT2D eigenvalue weighted by Crippen LogP contribution is 2.42. The molecule has 2 aromatic rings. The lowest BCUT2D eigenvalue weighted by atomic mass is 9.93. The van der Waals surface area contributed by atoms with Crippen LogP contribution in [0.15, 0.2) is 35.1 Å². The van der Waals surface area contributed by atoms with Gasteiger partial charge in [0.1, 0.15) is 12.1 Å². The lowest BCUT2D eigenvalue weighted by Gasteiger charge is -2.38. The molecule has 0 saturated carbocycles. The van der Waals surface area contributed by atoms with Gasteiger partial charge in [0, 0.05) is 55.5 Å². The van der Waals surface area contributed by atoms with E-state index in [1.54, 1.807) is 6.33 Å². The number of carbonyl (C=O) groups excluding carboxylic acids is 1. The Balaban J connectivity index is 1.24. The first-order chi connectivity index (χ1) is 17.5. The second-order valence-corrected chi connectivity index (χ2v) is 11.1. The van der Waals surface area contributed by atoms with Crippen LogP contribution in [0.1, 0.15) is 67.4 Å². The molecule has 1 unspecified atom stereocenters. The number of rotatable bonds is 7. The van der Waals surface area contributed by atoms with Gasteiger partial charge in [-0.2, -0.15) is 0 Å². The summed E-state index contributed by atoms with van der Waals surface area (Å²) in [7, 11) is 0. The van der Waals surface area contributed by atoms with Crippen molar-refractivity contribution >= 4 is 27.7 Å². The molecular weight excluding hydrogens is 522 g/mol. The smallest absolute Gasteiger partial charge is 0.230 e. The normalized spacial score (nSPS) is 23.5. The van der Waals surface area contributed by atoms with Crippen molar-refractivity contribution in [1.29, 1.82) is 0 Å². The first-order valence-corrected chi connectivity index (χ1v) is 13.9. The van der Waals surface area contributed by atoms with E-state index in [0.29, 0.717) is 25.6 Å². The number of aliphatic hydroxyl groups is 1. The number of nitrogens with one attached hydrogen (secondary N) is 1. The predicted molar refractivity (Wildman–Crippen MR) is 142 cm³/mol. The highest BCUT2D eigenvalue weighted by Gasteiger charge is 2.35. The topological polar surface area (TPSA) is 90.8 Å². The van der Waals surface area contributed by atoms with Gasteiger partial charge < -0.3 is 25.0 Å². The maximum absolute atomic E-state index is 13.8. The lowest BCUT2D eigenvalue weighted by molar-refractivity contribution is -0.133. The number of amides is 1. The van der Waals surface area contributed by atoms with Gasteiger partial charge in [-0.3, -0.25) is 4.79 Å². The quantitative estimate of drug-likeness (QED) is 0.539. The first-order valence-electron chi connectivity index (χ1n) is 13.1. The Morgan fingerprint density at radius 2 is 1.89 bits per heavy atom. The van der Waals surface area contributed by atoms with E-state index in [2.05, 4.69) is 55.2 Å². The fraction of sp³-hybridized carbons (Fsp3) is 0.593. The largest absolute Gasteiger partial charge is 0.387 e. The minimum absolute atomic E-state index is 0.171. The van der Waals surface area contributed by atoms with Gasteiger partial charge in [0.05, 0.1) is 17.7 Å². The average Bonchev–Trinajstić information content (AvgIpc) is 3.21. The number of aliphatic hydroxyl groups excluding tert-OH is 1. The molecule has 0 spiro atoms. The third-order valence-electron chi connectivity index (χ3n) is 7.83. The number of halogens is 1. The van der Waals surface area contributed by atoms with Crippen molar-refractivity contribution in [3.8, 4) is 0 Å². The second kappa shape index (κ2) is 11.5. The monoisotopic (exact) mass is 557 g/mol. The molecule has 3 atom stereocenters. The summed E-state index contributed by atoms with van der Waals surface area (Å²) in [6.07, 6.45) is 4.56. The molecule has 2 saturated heterocycles. The number of piperazine rings is 1. The van der Waals surface area contributed by atoms with Crippen LogP contribution in [0.2, 0.25) is 0 Å². The summed E-state index contributed by atoms with van der Waals surface area (Å²) < 4.78 is 6.49. The molecule has 1 aliphatic carbocycles. The number of benzene rings is 1. The Hall–Kier alpha value is -2.07. The lowest BCUT2D eigenvalue weighted by Crippen LogP contribution is -2.50. The molecule has 3 heterocycles. The molecule has 5 rings (SSSR count). The molecule has 2 N–H and O–H groups in total. The van der Waals surface area contributed by atoms with Gasteiger partial charge in [0.2, 0.25) is 5.91 Å². The molecule has 8 nitrogen and oxygen atoms in total.